The molecule has 0 spiro atoms. The van der Waals surface area contributed by atoms with Crippen molar-refractivity contribution in [3.63, 3.8) is 0 Å². The van der Waals surface area contributed by atoms with Crippen molar-refractivity contribution in [2.45, 2.75) is 6.92 Å². The van der Waals surface area contributed by atoms with E-state index in [1.165, 1.54) is 18.2 Å². The monoisotopic (exact) mass is 263 g/mol. The Bertz CT molecular complexity index is 648. The zero-order valence-electron chi connectivity index (χ0n) is 9.94. The fourth-order valence-corrected chi connectivity index (χ4v) is 1.56. The van der Waals surface area contributed by atoms with Crippen LogP contribution in [-0.4, -0.2) is 17.0 Å². The second-order valence-electron chi connectivity index (χ2n) is 3.83. The Morgan fingerprint density at radius 2 is 2.00 bits per heavy atom. The Balaban J connectivity index is 2.33. The minimum absolute atomic E-state index is 0.0166. The standard InChI is InChI=1S/C13H10FNO4/c1-7-5-6-10(19-7)12(16)15-11-8(13(17)18)3-2-4-9(11)14/h2-6H,1H3,(H,15,16)(H,17,18). The number of hydrogen-bond acceptors (Lipinski definition) is 3. The highest BCUT2D eigenvalue weighted by Gasteiger charge is 2.18. The maximum absolute atomic E-state index is 13.6. The van der Waals surface area contributed by atoms with Gasteiger partial charge in [0, 0.05) is 0 Å². The van der Waals surface area contributed by atoms with E-state index in [9.17, 15) is 14.0 Å². The number of halogens is 1. The zero-order valence-corrected chi connectivity index (χ0v) is 9.94. The summed E-state index contributed by atoms with van der Waals surface area (Å²) in [6.45, 7) is 1.66. The molecule has 98 valence electrons. The first kappa shape index (κ1) is 12.8. The number of carbonyl (C=O) groups excluding carboxylic acids is 1. The van der Waals surface area contributed by atoms with Crippen LogP contribution in [0.2, 0.25) is 0 Å². The molecule has 1 heterocycles. The molecule has 0 radical (unpaired) electrons. The second kappa shape index (κ2) is 4.93. The van der Waals surface area contributed by atoms with E-state index in [1.54, 1.807) is 13.0 Å². The topological polar surface area (TPSA) is 79.5 Å². The van der Waals surface area contributed by atoms with Gasteiger partial charge in [0.2, 0.25) is 0 Å². The van der Waals surface area contributed by atoms with Crippen molar-refractivity contribution in [3.8, 4) is 0 Å². The average molecular weight is 263 g/mol. The van der Waals surface area contributed by atoms with E-state index in [-0.39, 0.29) is 17.0 Å². The summed E-state index contributed by atoms with van der Waals surface area (Å²) < 4.78 is 18.7. The van der Waals surface area contributed by atoms with Gasteiger partial charge in [0.1, 0.15) is 11.6 Å². The molecular formula is C13H10FNO4. The Morgan fingerprint density at radius 1 is 1.26 bits per heavy atom. The first-order valence-corrected chi connectivity index (χ1v) is 5.38. The molecule has 0 saturated carbocycles. The smallest absolute Gasteiger partial charge is 0.337 e. The van der Waals surface area contributed by atoms with Gasteiger partial charge in [-0.15, -0.1) is 0 Å². The van der Waals surface area contributed by atoms with Gasteiger partial charge in [-0.05, 0) is 31.2 Å². The van der Waals surface area contributed by atoms with E-state index in [0.29, 0.717) is 5.76 Å². The lowest BCUT2D eigenvalue weighted by Gasteiger charge is -2.08. The van der Waals surface area contributed by atoms with Gasteiger partial charge in [-0.25, -0.2) is 9.18 Å². The number of furan rings is 1. The van der Waals surface area contributed by atoms with Gasteiger partial charge in [-0.3, -0.25) is 4.79 Å². The van der Waals surface area contributed by atoms with Gasteiger partial charge in [0.25, 0.3) is 5.91 Å². The second-order valence-corrected chi connectivity index (χ2v) is 3.83. The quantitative estimate of drug-likeness (QED) is 0.892. The molecule has 0 aliphatic carbocycles. The van der Waals surface area contributed by atoms with Crippen molar-refractivity contribution in [1.29, 1.82) is 0 Å². The van der Waals surface area contributed by atoms with Crippen LogP contribution in [0.3, 0.4) is 0 Å². The molecule has 2 rings (SSSR count). The Hall–Kier alpha value is -2.63. The molecule has 1 amide bonds. The van der Waals surface area contributed by atoms with Crippen LogP contribution in [0.15, 0.2) is 34.7 Å². The molecule has 2 N–H and O–H groups in total. The molecule has 2 aromatic rings. The maximum Gasteiger partial charge on any atom is 0.337 e. The van der Waals surface area contributed by atoms with Gasteiger partial charge >= 0.3 is 5.97 Å². The van der Waals surface area contributed by atoms with Crippen LogP contribution in [0.25, 0.3) is 0 Å². The average Bonchev–Trinajstić information content (AvgIpc) is 2.78. The van der Waals surface area contributed by atoms with Crippen LogP contribution in [0.4, 0.5) is 10.1 Å². The van der Waals surface area contributed by atoms with Crippen molar-refractivity contribution in [1.82, 2.24) is 0 Å². The molecule has 0 fully saturated rings. The number of hydrogen-bond donors (Lipinski definition) is 2. The van der Waals surface area contributed by atoms with Crippen molar-refractivity contribution < 1.29 is 23.5 Å². The third-order valence-corrected chi connectivity index (χ3v) is 2.45. The number of aromatic carboxylic acids is 1. The van der Waals surface area contributed by atoms with E-state index in [4.69, 9.17) is 9.52 Å². The molecule has 0 unspecified atom stereocenters. The van der Waals surface area contributed by atoms with Crippen LogP contribution < -0.4 is 5.32 Å². The summed E-state index contributed by atoms with van der Waals surface area (Å²) in [6, 6.07) is 6.52. The van der Waals surface area contributed by atoms with Crippen LogP contribution in [0.1, 0.15) is 26.7 Å². The number of para-hydroxylation sites is 1. The minimum atomic E-state index is -1.33. The highest BCUT2D eigenvalue weighted by Crippen LogP contribution is 2.21. The van der Waals surface area contributed by atoms with Crippen molar-refractivity contribution in [2.75, 3.05) is 5.32 Å². The van der Waals surface area contributed by atoms with Gasteiger partial charge in [-0.1, -0.05) is 6.07 Å². The summed E-state index contributed by atoms with van der Waals surface area (Å²) in [5.74, 6) is -2.35. The summed E-state index contributed by atoms with van der Waals surface area (Å²) in [6.07, 6.45) is 0. The van der Waals surface area contributed by atoms with E-state index >= 15 is 0 Å². The normalized spacial score (nSPS) is 10.2. The summed E-state index contributed by atoms with van der Waals surface area (Å²) in [5, 5.41) is 11.1. The molecule has 0 aliphatic heterocycles. The predicted octanol–water partition coefficient (Wildman–Crippen LogP) is 2.68. The number of carbonyl (C=O) groups is 2. The Labute approximate surface area is 107 Å². The summed E-state index contributed by atoms with van der Waals surface area (Å²) in [7, 11) is 0. The molecule has 19 heavy (non-hydrogen) atoms. The molecule has 1 aromatic carbocycles. The van der Waals surface area contributed by atoms with Crippen LogP contribution in [0, 0.1) is 12.7 Å². The Morgan fingerprint density at radius 3 is 2.58 bits per heavy atom. The van der Waals surface area contributed by atoms with Crippen LogP contribution >= 0.6 is 0 Å². The largest absolute Gasteiger partial charge is 0.478 e. The first-order valence-electron chi connectivity index (χ1n) is 5.38. The van der Waals surface area contributed by atoms with Gasteiger partial charge in [-0.2, -0.15) is 0 Å². The van der Waals surface area contributed by atoms with Gasteiger partial charge < -0.3 is 14.8 Å². The van der Waals surface area contributed by atoms with Crippen molar-refractivity contribution in [2.24, 2.45) is 0 Å². The molecule has 1 aromatic heterocycles. The SMILES string of the molecule is Cc1ccc(C(=O)Nc2c(F)cccc2C(=O)O)o1. The van der Waals surface area contributed by atoms with E-state index in [0.717, 1.165) is 6.07 Å². The third kappa shape index (κ3) is 2.62. The number of anilines is 1. The summed E-state index contributed by atoms with van der Waals surface area (Å²) in [4.78, 5) is 22.7. The molecule has 0 aliphatic rings. The molecular weight excluding hydrogens is 253 g/mol. The minimum Gasteiger partial charge on any atom is -0.478 e. The third-order valence-electron chi connectivity index (χ3n) is 2.45. The molecule has 0 saturated heterocycles. The number of nitrogens with one attached hydrogen (secondary N) is 1. The lowest BCUT2D eigenvalue weighted by Crippen LogP contribution is -2.15. The van der Waals surface area contributed by atoms with Crippen molar-refractivity contribution in [3.05, 3.63) is 53.2 Å². The van der Waals surface area contributed by atoms with Crippen molar-refractivity contribution >= 4 is 17.6 Å². The highest BCUT2D eigenvalue weighted by atomic mass is 19.1. The number of aryl methyl sites for hydroxylation is 1. The lowest BCUT2D eigenvalue weighted by atomic mass is 10.1. The lowest BCUT2D eigenvalue weighted by molar-refractivity contribution is 0.0697. The van der Waals surface area contributed by atoms with Crippen LogP contribution in [0.5, 0.6) is 0 Å². The van der Waals surface area contributed by atoms with E-state index in [1.807, 2.05) is 0 Å². The van der Waals surface area contributed by atoms with E-state index in [2.05, 4.69) is 5.32 Å². The number of benzene rings is 1. The fourth-order valence-electron chi connectivity index (χ4n) is 1.56. The number of carboxylic acid groups (broad SMARTS) is 1. The fraction of sp³-hybridized carbons (Fsp3) is 0.0769. The van der Waals surface area contributed by atoms with Gasteiger partial charge in [0.15, 0.2) is 5.76 Å². The zero-order chi connectivity index (χ0) is 14.0. The van der Waals surface area contributed by atoms with E-state index < -0.39 is 17.7 Å². The molecule has 6 heteroatoms. The number of carboxylic acids is 1. The molecule has 0 atom stereocenters. The predicted molar refractivity (Wildman–Crippen MR) is 64.8 cm³/mol. The van der Waals surface area contributed by atoms with Gasteiger partial charge in [0.05, 0.1) is 11.3 Å². The Kier molecular flexibility index (Phi) is 3.33. The summed E-state index contributed by atoms with van der Waals surface area (Å²) >= 11 is 0. The first-order chi connectivity index (χ1) is 8.99. The number of rotatable bonds is 3. The maximum atomic E-state index is 13.6. The summed E-state index contributed by atoms with van der Waals surface area (Å²) in [5.41, 5.74) is -0.703. The number of amides is 1. The molecule has 5 nitrogen and oxygen atoms in total. The highest BCUT2D eigenvalue weighted by molar-refractivity contribution is 6.06. The molecule has 0 bridgehead atoms. The van der Waals surface area contributed by atoms with Crippen LogP contribution in [-0.2, 0) is 0 Å².